The SMILES string of the molecule is CCCC(=O)N1c2ccc(OC)nc2[C@@H](N(Cc2cc(CF)cc(C(F)(F)F)c2)c2ncc(N3CCC(C(=O)O)CC3)cn2)C[C@H]1CC. The van der Waals surface area contributed by atoms with Crippen LogP contribution in [0.25, 0.3) is 0 Å². The number of pyridine rings is 1. The Kier molecular flexibility index (Phi) is 10.7. The molecule has 0 saturated carbocycles. The van der Waals surface area contributed by atoms with Crippen LogP contribution in [0.2, 0.25) is 0 Å². The van der Waals surface area contributed by atoms with E-state index in [0.717, 1.165) is 12.1 Å². The van der Waals surface area contributed by atoms with E-state index in [-0.39, 0.29) is 35.6 Å². The first-order valence-electron chi connectivity index (χ1n) is 16.2. The molecular weight excluding hydrogens is 632 g/mol. The summed E-state index contributed by atoms with van der Waals surface area (Å²) >= 11 is 0. The van der Waals surface area contributed by atoms with E-state index < -0.39 is 36.3 Å². The second kappa shape index (κ2) is 14.7. The van der Waals surface area contributed by atoms with Gasteiger partial charge in [0.2, 0.25) is 17.7 Å². The first-order chi connectivity index (χ1) is 23.0. The number of carbonyl (C=O) groups is 2. The minimum absolute atomic E-state index is 0.0553. The van der Waals surface area contributed by atoms with E-state index in [1.807, 2.05) is 18.7 Å². The highest BCUT2D eigenvalue weighted by molar-refractivity contribution is 5.95. The fourth-order valence-corrected chi connectivity index (χ4v) is 6.60. The van der Waals surface area contributed by atoms with Crippen LogP contribution < -0.4 is 19.4 Å². The number of carboxylic acid groups (broad SMARTS) is 1. The van der Waals surface area contributed by atoms with E-state index in [2.05, 4.69) is 9.97 Å². The van der Waals surface area contributed by atoms with Gasteiger partial charge in [0.05, 0.1) is 54.1 Å². The lowest BCUT2D eigenvalue weighted by Gasteiger charge is -2.44. The highest BCUT2D eigenvalue weighted by atomic mass is 19.4. The summed E-state index contributed by atoms with van der Waals surface area (Å²) in [5.74, 6) is -0.774. The van der Waals surface area contributed by atoms with Gasteiger partial charge >= 0.3 is 12.1 Å². The normalized spacial score (nSPS) is 18.4. The van der Waals surface area contributed by atoms with Crippen LogP contribution in [0.15, 0.2) is 42.7 Å². The van der Waals surface area contributed by atoms with Crippen LogP contribution in [0.3, 0.4) is 0 Å². The number of aliphatic carboxylic acids is 1. The molecule has 0 aliphatic carbocycles. The number of nitrogens with zero attached hydrogens (tertiary/aromatic N) is 6. The number of amides is 1. The standard InChI is InChI=1S/C34H40F4N6O4/c1-4-6-30(45)44-25(5-2)16-28(31-27(44)7-8-29(41-31)48-3)43(20-22-13-21(17-35)14-24(15-22)34(36,37)38)33-39-18-26(19-40-33)42-11-9-23(10-12-42)32(46)47/h7-8,13-15,18-19,23,25,28H,4-6,9-12,16-17,20H2,1-3H3,(H,46,47)/t25-,28+/m1/s1. The molecule has 1 amide bonds. The maximum Gasteiger partial charge on any atom is 0.416 e. The van der Waals surface area contributed by atoms with Crippen molar-refractivity contribution in [3.05, 3.63) is 65.1 Å². The molecule has 0 spiro atoms. The number of ether oxygens (including phenoxy) is 1. The van der Waals surface area contributed by atoms with Crippen LogP contribution in [-0.4, -0.2) is 58.2 Å². The molecule has 1 aromatic carbocycles. The fraction of sp³-hybridized carbons (Fsp3) is 0.500. The molecule has 4 heterocycles. The van der Waals surface area contributed by atoms with Gasteiger partial charge in [-0.3, -0.25) is 9.59 Å². The number of piperidine rings is 1. The summed E-state index contributed by atoms with van der Waals surface area (Å²) in [5.41, 5.74) is 0.904. The van der Waals surface area contributed by atoms with Gasteiger partial charge in [-0.1, -0.05) is 19.9 Å². The van der Waals surface area contributed by atoms with Gasteiger partial charge in [0.25, 0.3) is 0 Å². The highest BCUT2D eigenvalue weighted by Crippen LogP contribution is 2.44. The molecule has 14 heteroatoms. The number of aromatic nitrogens is 3. The molecule has 1 saturated heterocycles. The monoisotopic (exact) mass is 672 g/mol. The van der Waals surface area contributed by atoms with Gasteiger partial charge in [-0.05, 0) is 61.4 Å². The van der Waals surface area contributed by atoms with E-state index in [1.165, 1.54) is 13.2 Å². The number of benzene rings is 1. The zero-order valence-electron chi connectivity index (χ0n) is 27.2. The molecular formula is C34H40F4N6O4. The quantitative estimate of drug-likeness (QED) is 0.222. The zero-order chi connectivity index (χ0) is 34.6. The lowest BCUT2D eigenvalue weighted by molar-refractivity contribution is -0.142. The largest absolute Gasteiger partial charge is 0.481 e. The molecule has 2 atom stereocenters. The summed E-state index contributed by atoms with van der Waals surface area (Å²) in [7, 11) is 1.47. The Morgan fingerprint density at radius 3 is 2.33 bits per heavy atom. The van der Waals surface area contributed by atoms with Crippen LogP contribution in [-0.2, 0) is 29.0 Å². The van der Waals surface area contributed by atoms with Crippen molar-refractivity contribution in [2.75, 3.05) is 34.9 Å². The number of fused-ring (bicyclic) bond motifs is 1. The molecule has 10 nitrogen and oxygen atoms in total. The number of anilines is 3. The average molecular weight is 673 g/mol. The molecule has 1 N–H and O–H groups in total. The molecule has 2 aliphatic heterocycles. The molecule has 0 bridgehead atoms. The molecule has 1 fully saturated rings. The van der Waals surface area contributed by atoms with E-state index in [4.69, 9.17) is 9.72 Å². The second-order valence-electron chi connectivity index (χ2n) is 12.2. The van der Waals surface area contributed by atoms with Crippen molar-refractivity contribution in [1.82, 2.24) is 15.0 Å². The van der Waals surface area contributed by atoms with Crippen LogP contribution >= 0.6 is 0 Å². The van der Waals surface area contributed by atoms with E-state index >= 15 is 0 Å². The van der Waals surface area contributed by atoms with Gasteiger partial charge in [0.1, 0.15) is 6.67 Å². The number of methoxy groups -OCH3 is 1. The maximum absolute atomic E-state index is 13.9. The van der Waals surface area contributed by atoms with Gasteiger partial charge in [0.15, 0.2) is 0 Å². The predicted molar refractivity (Wildman–Crippen MR) is 172 cm³/mol. The number of hydrogen-bond acceptors (Lipinski definition) is 8. The molecule has 2 aliphatic rings. The predicted octanol–water partition coefficient (Wildman–Crippen LogP) is 6.73. The minimum Gasteiger partial charge on any atom is -0.481 e. The van der Waals surface area contributed by atoms with E-state index in [0.29, 0.717) is 74.6 Å². The third kappa shape index (κ3) is 7.47. The smallest absolute Gasteiger partial charge is 0.416 e. The third-order valence-electron chi connectivity index (χ3n) is 9.08. The van der Waals surface area contributed by atoms with Crippen molar-refractivity contribution < 1.29 is 37.0 Å². The molecule has 0 unspecified atom stereocenters. The summed E-state index contributed by atoms with van der Waals surface area (Å²) in [4.78, 5) is 44.5. The number of rotatable bonds is 11. The van der Waals surface area contributed by atoms with Crippen LogP contribution in [0.1, 0.15) is 80.8 Å². The van der Waals surface area contributed by atoms with Crippen molar-refractivity contribution in [2.24, 2.45) is 5.92 Å². The Morgan fingerprint density at radius 1 is 1.06 bits per heavy atom. The topological polar surface area (TPSA) is 112 Å². The van der Waals surface area contributed by atoms with Crippen molar-refractivity contribution in [1.29, 1.82) is 0 Å². The molecule has 2 aromatic heterocycles. The van der Waals surface area contributed by atoms with Crippen LogP contribution in [0.4, 0.5) is 34.9 Å². The van der Waals surface area contributed by atoms with E-state index in [9.17, 15) is 32.3 Å². The average Bonchev–Trinajstić information content (AvgIpc) is 3.09. The zero-order valence-corrected chi connectivity index (χ0v) is 27.2. The lowest BCUT2D eigenvalue weighted by Crippen LogP contribution is -2.48. The molecule has 0 radical (unpaired) electrons. The molecule has 5 rings (SSSR count). The van der Waals surface area contributed by atoms with E-state index in [1.54, 1.807) is 34.3 Å². The first-order valence-corrected chi connectivity index (χ1v) is 16.2. The first kappa shape index (κ1) is 34.8. The summed E-state index contributed by atoms with van der Waals surface area (Å²) < 4.78 is 60.9. The highest BCUT2D eigenvalue weighted by Gasteiger charge is 2.40. The molecule has 48 heavy (non-hydrogen) atoms. The fourth-order valence-electron chi connectivity index (χ4n) is 6.60. The number of carbonyl (C=O) groups excluding carboxylic acids is 1. The Morgan fingerprint density at radius 2 is 1.75 bits per heavy atom. The summed E-state index contributed by atoms with van der Waals surface area (Å²) in [6.45, 7) is 3.75. The number of hydrogen-bond donors (Lipinski definition) is 1. The molecule has 258 valence electrons. The summed E-state index contributed by atoms with van der Waals surface area (Å²) in [6.07, 6.45) is 1.48. The van der Waals surface area contributed by atoms with Gasteiger partial charge in [-0.2, -0.15) is 13.2 Å². The third-order valence-corrected chi connectivity index (χ3v) is 9.08. The summed E-state index contributed by atoms with van der Waals surface area (Å²) in [5, 5.41) is 9.38. The lowest BCUT2D eigenvalue weighted by atomic mass is 9.91. The van der Waals surface area contributed by atoms with Gasteiger partial charge in [-0.15, -0.1) is 0 Å². The van der Waals surface area contributed by atoms with Crippen LogP contribution in [0.5, 0.6) is 5.88 Å². The van der Waals surface area contributed by atoms with Crippen LogP contribution in [0, 0.1) is 5.92 Å². The number of halogens is 4. The van der Waals surface area contributed by atoms with Crippen molar-refractivity contribution in [2.45, 2.75) is 83.9 Å². The van der Waals surface area contributed by atoms with Crippen molar-refractivity contribution in [3.63, 3.8) is 0 Å². The second-order valence-corrected chi connectivity index (χ2v) is 12.2. The Balaban J connectivity index is 1.60. The Bertz CT molecular complexity index is 1600. The van der Waals surface area contributed by atoms with Crippen molar-refractivity contribution in [3.8, 4) is 5.88 Å². The molecule has 3 aromatic rings. The van der Waals surface area contributed by atoms with Crippen molar-refractivity contribution >= 4 is 29.2 Å². The Labute approximate surface area is 276 Å². The van der Waals surface area contributed by atoms with Gasteiger partial charge in [0, 0.05) is 38.2 Å². The number of alkyl halides is 4. The number of carboxylic acids is 1. The summed E-state index contributed by atoms with van der Waals surface area (Å²) in [6, 6.07) is 5.81. The van der Waals surface area contributed by atoms with Gasteiger partial charge < -0.3 is 24.5 Å². The maximum atomic E-state index is 13.9. The minimum atomic E-state index is -4.68. The Hall–Kier alpha value is -4.49. The van der Waals surface area contributed by atoms with Gasteiger partial charge in [-0.25, -0.2) is 19.3 Å².